The van der Waals surface area contributed by atoms with E-state index in [1.807, 2.05) is 12.1 Å². The second-order valence-electron chi connectivity index (χ2n) is 8.98. The van der Waals surface area contributed by atoms with E-state index in [9.17, 15) is 19.2 Å². The van der Waals surface area contributed by atoms with Crippen LogP contribution >= 0.6 is 0 Å². The third-order valence-electron chi connectivity index (χ3n) is 6.68. The largest absolute Gasteiger partial charge is 0.361 e. The van der Waals surface area contributed by atoms with Gasteiger partial charge in [0.15, 0.2) is 0 Å². The van der Waals surface area contributed by atoms with Crippen LogP contribution in [-0.2, 0) is 25.7 Å². The Morgan fingerprint density at radius 1 is 1.15 bits per heavy atom. The number of carbonyl (C=O) groups excluding carboxylic acids is 4. The van der Waals surface area contributed by atoms with Gasteiger partial charge in [-0.2, -0.15) is 4.98 Å². The average molecular weight is 463 g/mol. The van der Waals surface area contributed by atoms with Crippen LogP contribution in [0, 0.1) is 0 Å². The number of benzene rings is 1. The highest BCUT2D eigenvalue weighted by Crippen LogP contribution is 2.35. The quantitative estimate of drug-likeness (QED) is 0.644. The number of piperidine rings is 1. The van der Waals surface area contributed by atoms with Crippen LogP contribution in [0.2, 0.25) is 0 Å². The lowest BCUT2D eigenvalue weighted by Crippen LogP contribution is -2.54. The maximum absolute atomic E-state index is 12.9. The van der Waals surface area contributed by atoms with E-state index in [1.54, 1.807) is 11.9 Å². The van der Waals surface area contributed by atoms with Crippen molar-refractivity contribution in [3.8, 4) is 11.4 Å². The van der Waals surface area contributed by atoms with Gasteiger partial charge in [0.2, 0.25) is 23.5 Å². The highest BCUT2D eigenvalue weighted by Gasteiger charge is 2.43. The fourth-order valence-corrected chi connectivity index (χ4v) is 4.88. The summed E-state index contributed by atoms with van der Waals surface area (Å²) < 4.78 is 5.41. The number of likely N-dealkylation sites (N-methyl/N-ethyl adjacent to an activating group) is 1. The molecule has 2 aromatic rings. The molecule has 0 bridgehead atoms. The lowest BCUT2D eigenvalue weighted by atomic mass is 9.96. The fraction of sp³-hybridized carbons (Fsp3) is 0.417. The van der Waals surface area contributed by atoms with Gasteiger partial charge in [-0.3, -0.25) is 29.4 Å². The smallest absolute Gasteiger partial charge is 0.277 e. The summed E-state index contributed by atoms with van der Waals surface area (Å²) in [6.07, 6.45) is 6.28. The second kappa shape index (κ2) is 8.85. The molecule has 1 aromatic carbocycles. The summed E-state index contributed by atoms with van der Waals surface area (Å²) in [4.78, 5) is 55.9. The number of amides is 4. The number of carbonyl (C=O) groups is 4. The molecule has 10 heteroatoms. The van der Waals surface area contributed by atoms with Crippen molar-refractivity contribution in [3.63, 3.8) is 0 Å². The molecule has 2 fully saturated rings. The van der Waals surface area contributed by atoms with Gasteiger partial charge in [-0.15, -0.1) is 0 Å². The van der Waals surface area contributed by atoms with Crippen molar-refractivity contribution in [2.75, 3.05) is 7.05 Å². The van der Waals surface area contributed by atoms with E-state index in [2.05, 4.69) is 27.6 Å². The SMILES string of the molecule is CN(Cc1nc(-c2cccc(C3CCCC3)c2)no1)C1=CC(=O)N(C2CCC(=O)NC2=O)C1=O. The summed E-state index contributed by atoms with van der Waals surface area (Å²) in [6.45, 7) is 0.114. The van der Waals surface area contributed by atoms with Crippen LogP contribution in [0.4, 0.5) is 0 Å². The van der Waals surface area contributed by atoms with Gasteiger partial charge in [0.25, 0.3) is 11.8 Å². The highest BCUT2D eigenvalue weighted by molar-refractivity contribution is 6.18. The summed E-state index contributed by atoms with van der Waals surface area (Å²) in [5.74, 6) is -0.895. The fourth-order valence-electron chi connectivity index (χ4n) is 4.88. The molecular weight excluding hydrogens is 438 g/mol. The molecule has 10 nitrogen and oxygen atoms in total. The second-order valence-corrected chi connectivity index (χ2v) is 8.98. The van der Waals surface area contributed by atoms with E-state index in [0.29, 0.717) is 17.6 Å². The zero-order valence-corrected chi connectivity index (χ0v) is 18.8. The molecule has 4 amide bonds. The number of hydrogen-bond acceptors (Lipinski definition) is 8. The van der Waals surface area contributed by atoms with Gasteiger partial charge in [0, 0.05) is 25.1 Å². The predicted octanol–water partition coefficient (Wildman–Crippen LogP) is 1.88. The van der Waals surface area contributed by atoms with Crippen molar-refractivity contribution in [2.45, 2.75) is 57.0 Å². The zero-order chi connectivity index (χ0) is 23.8. The van der Waals surface area contributed by atoms with Gasteiger partial charge >= 0.3 is 0 Å². The predicted molar refractivity (Wildman–Crippen MR) is 119 cm³/mol. The maximum Gasteiger partial charge on any atom is 0.277 e. The molecule has 5 rings (SSSR count). The number of aromatic nitrogens is 2. The third kappa shape index (κ3) is 4.11. The molecule has 2 aliphatic heterocycles. The summed E-state index contributed by atoms with van der Waals surface area (Å²) >= 11 is 0. The first-order chi connectivity index (χ1) is 16.4. The Hall–Kier alpha value is -3.82. The number of nitrogens with zero attached hydrogens (tertiary/aromatic N) is 4. The van der Waals surface area contributed by atoms with Crippen molar-refractivity contribution in [1.82, 2.24) is 25.3 Å². The number of rotatable bonds is 6. The van der Waals surface area contributed by atoms with E-state index >= 15 is 0 Å². The normalized spacial score (nSPS) is 21.3. The molecule has 1 saturated heterocycles. The Morgan fingerprint density at radius 3 is 2.71 bits per heavy atom. The third-order valence-corrected chi connectivity index (χ3v) is 6.68. The first-order valence-electron chi connectivity index (χ1n) is 11.5. The van der Waals surface area contributed by atoms with Gasteiger partial charge in [0.1, 0.15) is 11.7 Å². The lowest BCUT2D eigenvalue weighted by Gasteiger charge is -2.29. The molecule has 3 heterocycles. The van der Waals surface area contributed by atoms with E-state index in [0.717, 1.165) is 10.5 Å². The van der Waals surface area contributed by atoms with Crippen LogP contribution < -0.4 is 5.32 Å². The van der Waals surface area contributed by atoms with Crippen LogP contribution in [0.15, 0.2) is 40.6 Å². The zero-order valence-electron chi connectivity index (χ0n) is 18.8. The molecule has 3 aliphatic rings. The Labute approximate surface area is 196 Å². The van der Waals surface area contributed by atoms with E-state index < -0.39 is 29.7 Å². The van der Waals surface area contributed by atoms with E-state index in [4.69, 9.17) is 4.52 Å². The molecular formula is C24H25N5O5. The van der Waals surface area contributed by atoms with Crippen molar-refractivity contribution < 1.29 is 23.7 Å². The van der Waals surface area contributed by atoms with E-state index in [-0.39, 0.29) is 25.1 Å². The molecule has 1 aliphatic carbocycles. The van der Waals surface area contributed by atoms with E-state index in [1.165, 1.54) is 37.3 Å². The molecule has 0 radical (unpaired) electrons. The minimum Gasteiger partial charge on any atom is -0.361 e. The van der Waals surface area contributed by atoms with Gasteiger partial charge < -0.3 is 9.42 Å². The van der Waals surface area contributed by atoms with Crippen molar-refractivity contribution in [2.24, 2.45) is 0 Å². The lowest BCUT2D eigenvalue weighted by molar-refractivity contribution is -0.150. The average Bonchev–Trinajstić information content (AvgIpc) is 3.56. The summed E-state index contributed by atoms with van der Waals surface area (Å²) in [7, 11) is 1.63. The molecule has 1 saturated carbocycles. The van der Waals surface area contributed by atoms with Crippen LogP contribution in [0.25, 0.3) is 11.4 Å². The van der Waals surface area contributed by atoms with Crippen molar-refractivity contribution in [3.05, 3.63) is 47.5 Å². The standard InChI is InChI=1S/C24H25N5O5/c1-28(18-12-21(31)29(24(18)33)17-9-10-19(30)25-23(17)32)13-20-26-22(27-34-20)16-8-4-7-15(11-16)14-5-2-3-6-14/h4,7-8,11-12,14,17H,2-3,5-6,9-10,13H2,1H3,(H,25,30,32). The number of hydrogen-bond donors (Lipinski definition) is 1. The van der Waals surface area contributed by atoms with Crippen LogP contribution in [0.5, 0.6) is 0 Å². The minimum atomic E-state index is -0.998. The molecule has 1 aromatic heterocycles. The summed E-state index contributed by atoms with van der Waals surface area (Å²) in [6, 6.07) is 7.19. The molecule has 34 heavy (non-hydrogen) atoms. The minimum absolute atomic E-state index is 0.0747. The Bertz CT molecular complexity index is 1200. The molecule has 1 atom stereocenters. The first kappa shape index (κ1) is 22.0. The Kier molecular flexibility index (Phi) is 5.72. The van der Waals surface area contributed by atoms with Gasteiger partial charge in [-0.1, -0.05) is 36.2 Å². The van der Waals surface area contributed by atoms with Crippen molar-refractivity contribution in [1.29, 1.82) is 0 Å². The summed E-state index contributed by atoms with van der Waals surface area (Å²) in [5, 5.41) is 6.27. The monoisotopic (exact) mass is 463 g/mol. The topological polar surface area (TPSA) is 126 Å². The summed E-state index contributed by atoms with van der Waals surface area (Å²) in [5.41, 5.74) is 2.28. The van der Waals surface area contributed by atoms with Crippen LogP contribution in [-0.4, -0.2) is 56.7 Å². The Morgan fingerprint density at radius 2 is 1.94 bits per heavy atom. The molecule has 176 valence electrons. The van der Waals surface area contributed by atoms with Gasteiger partial charge in [-0.25, -0.2) is 0 Å². The number of imide groups is 2. The molecule has 0 spiro atoms. The molecule has 1 N–H and O–H groups in total. The Balaban J connectivity index is 1.27. The number of nitrogens with one attached hydrogen (secondary N) is 1. The highest BCUT2D eigenvalue weighted by atomic mass is 16.5. The van der Waals surface area contributed by atoms with Crippen LogP contribution in [0.1, 0.15) is 55.9 Å². The maximum atomic E-state index is 12.9. The van der Waals surface area contributed by atoms with Gasteiger partial charge in [0.05, 0.1) is 6.54 Å². The van der Waals surface area contributed by atoms with Crippen LogP contribution in [0.3, 0.4) is 0 Å². The molecule has 1 unspecified atom stereocenters. The van der Waals surface area contributed by atoms with Gasteiger partial charge in [-0.05, 0) is 36.8 Å². The van der Waals surface area contributed by atoms with Crippen molar-refractivity contribution >= 4 is 23.6 Å². The first-order valence-corrected chi connectivity index (χ1v) is 11.5.